The maximum absolute atomic E-state index is 13.2. The summed E-state index contributed by atoms with van der Waals surface area (Å²) in [6, 6.07) is 10.0. The number of nitrogens with zero attached hydrogens (tertiary/aromatic N) is 2. The maximum Gasteiger partial charge on any atom is 0.325 e. The number of amides is 1. The van der Waals surface area contributed by atoms with E-state index in [0.717, 1.165) is 5.56 Å². The monoisotopic (exact) mass is 438 g/mol. The third-order valence-corrected chi connectivity index (χ3v) is 5.06. The predicted molar refractivity (Wildman–Crippen MR) is 119 cm³/mol. The van der Waals surface area contributed by atoms with Crippen LogP contribution in [0.25, 0.3) is 5.65 Å². The number of aromatic nitrogens is 2. The van der Waals surface area contributed by atoms with Gasteiger partial charge in [0.25, 0.3) is 5.91 Å². The summed E-state index contributed by atoms with van der Waals surface area (Å²) in [5.41, 5.74) is 3.08. The number of fused-ring (bicyclic) bond motifs is 1. The van der Waals surface area contributed by atoms with Crippen LogP contribution >= 0.6 is 0 Å². The highest BCUT2D eigenvalue weighted by Crippen LogP contribution is 2.23. The first kappa shape index (κ1) is 22.8. The molecule has 0 bridgehead atoms. The van der Waals surface area contributed by atoms with E-state index in [4.69, 9.17) is 0 Å². The summed E-state index contributed by atoms with van der Waals surface area (Å²) in [5, 5.41) is 15.2. The Morgan fingerprint density at radius 1 is 1.22 bits per heavy atom. The van der Waals surface area contributed by atoms with E-state index in [0.29, 0.717) is 34.7 Å². The maximum atomic E-state index is 13.2. The molecular formula is C23H26N4O5. The largest absolute Gasteiger partial charge is 0.481 e. The van der Waals surface area contributed by atoms with Crippen molar-refractivity contribution in [3.05, 3.63) is 65.0 Å². The van der Waals surface area contributed by atoms with E-state index in [2.05, 4.69) is 20.4 Å². The number of aliphatic carboxylic acids is 1. The van der Waals surface area contributed by atoms with E-state index in [1.54, 1.807) is 28.8 Å². The van der Waals surface area contributed by atoms with Gasteiger partial charge in [0.05, 0.1) is 30.8 Å². The van der Waals surface area contributed by atoms with Crippen molar-refractivity contribution in [3.8, 4) is 0 Å². The van der Waals surface area contributed by atoms with Gasteiger partial charge in [0.2, 0.25) is 0 Å². The number of imidazole rings is 1. The van der Waals surface area contributed by atoms with Crippen molar-refractivity contribution < 1.29 is 24.2 Å². The molecule has 2 heterocycles. The Morgan fingerprint density at radius 2 is 2.00 bits per heavy atom. The molecule has 0 aliphatic rings. The minimum atomic E-state index is -1.02. The zero-order chi connectivity index (χ0) is 23.3. The van der Waals surface area contributed by atoms with Crippen LogP contribution in [0.15, 0.2) is 42.6 Å². The van der Waals surface area contributed by atoms with Crippen LogP contribution in [0.1, 0.15) is 46.6 Å². The zero-order valence-corrected chi connectivity index (χ0v) is 18.2. The molecule has 1 atom stereocenters. The lowest BCUT2D eigenvalue weighted by molar-refractivity contribution is -0.139. The van der Waals surface area contributed by atoms with Crippen molar-refractivity contribution in [1.82, 2.24) is 14.7 Å². The minimum Gasteiger partial charge on any atom is -0.481 e. The van der Waals surface area contributed by atoms with Gasteiger partial charge >= 0.3 is 11.9 Å². The van der Waals surface area contributed by atoms with Gasteiger partial charge < -0.3 is 20.5 Å². The number of carbonyl (C=O) groups is 3. The molecule has 0 spiro atoms. The third kappa shape index (κ3) is 5.05. The van der Waals surface area contributed by atoms with E-state index in [1.165, 1.54) is 7.11 Å². The van der Waals surface area contributed by atoms with Gasteiger partial charge in [-0.3, -0.25) is 18.8 Å². The summed E-state index contributed by atoms with van der Waals surface area (Å²) < 4.78 is 6.38. The van der Waals surface area contributed by atoms with Crippen LogP contribution in [0.3, 0.4) is 0 Å². The Hall–Kier alpha value is -3.88. The Kier molecular flexibility index (Phi) is 7.09. The average molecular weight is 438 g/mol. The number of ether oxygens (including phenoxy) is 1. The fourth-order valence-corrected chi connectivity index (χ4v) is 3.50. The van der Waals surface area contributed by atoms with Gasteiger partial charge in [0.15, 0.2) is 5.65 Å². The molecule has 3 aromatic rings. The van der Waals surface area contributed by atoms with Crippen LogP contribution in [0.5, 0.6) is 0 Å². The summed E-state index contributed by atoms with van der Waals surface area (Å²) in [4.78, 5) is 40.7. The van der Waals surface area contributed by atoms with Gasteiger partial charge in [0, 0.05) is 6.20 Å². The standard InChI is InChI=1S/C23H26N4O5/c1-4-17-22(24-13-20(30)32-3)27-10-6-9-16(21(27)25-17)23(31)26-18(12-19(28)29)15-8-5-7-14(2)11-15/h5-11,18,24H,4,12-13H2,1-3H3,(H,26,31)(H,28,29). The van der Waals surface area contributed by atoms with Crippen LogP contribution in [0.2, 0.25) is 0 Å². The topological polar surface area (TPSA) is 122 Å². The number of nitrogens with one attached hydrogen (secondary N) is 2. The molecule has 1 unspecified atom stereocenters. The number of esters is 1. The number of anilines is 1. The Morgan fingerprint density at radius 3 is 2.66 bits per heavy atom. The molecule has 168 valence electrons. The number of carbonyl (C=O) groups excluding carboxylic acids is 2. The van der Waals surface area contributed by atoms with Crippen molar-refractivity contribution in [2.24, 2.45) is 0 Å². The van der Waals surface area contributed by atoms with Gasteiger partial charge in [0.1, 0.15) is 12.4 Å². The molecule has 9 heteroatoms. The number of rotatable bonds is 9. The molecule has 0 aliphatic heterocycles. The molecule has 0 saturated heterocycles. The van der Waals surface area contributed by atoms with Crippen LogP contribution in [-0.4, -0.2) is 46.0 Å². The van der Waals surface area contributed by atoms with E-state index in [-0.39, 0.29) is 13.0 Å². The summed E-state index contributed by atoms with van der Waals surface area (Å²) in [6.07, 6.45) is 2.07. The number of pyridine rings is 1. The number of hydrogen-bond donors (Lipinski definition) is 3. The molecule has 0 saturated carbocycles. The first-order valence-corrected chi connectivity index (χ1v) is 10.2. The molecule has 0 radical (unpaired) electrons. The molecule has 32 heavy (non-hydrogen) atoms. The molecule has 0 fully saturated rings. The van der Waals surface area contributed by atoms with Crippen molar-refractivity contribution in [3.63, 3.8) is 0 Å². The summed E-state index contributed by atoms with van der Waals surface area (Å²) >= 11 is 0. The predicted octanol–water partition coefficient (Wildman–Crippen LogP) is 2.74. The van der Waals surface area contributed by atoms with E-state index < -0.39 is 23.9 Å². The second-order valence-electron chi connectivity index (χ2n) is 7.34. The van der Waals surface area contributed by atoms with Crippen LogP contribution in [-0.2, 0) is 20.7 Å². The average Bonchev–Trinajstić information content (AvgIpc) is 3.14. The Bertz CT molecular complexity index is 1150. The summed E-state index contributed by atoms with van der Waals surface area (Å²) in [6.45, 7) is 3.79. The number of benzene rings is 1. The third-order valence-electron chi connectivity index (χ3n) is 5.06. The number of hydrogen-bond acceptors (Lipinski definition) is 6. The first-order valence-electron chi connectivity index (χ1n) is 10.2. The Labute approximate surface area is 185 Å². The quantitative estimate of drug-likeness (QED) is 0.439. The number of carboxylic acids is 1. The van der Waals surface area contributed by atoms with Crippen LogP contribution in [0.4, 0.5) is 5.82 Å². The van der Waals surface area contributed by atoms with Crippen molar-refractivity contribution >= 4 is 29.3 Å². The zero-order valence-electron chi connectivity index (χ0n) is 18.2. The molecule has 3 N–H and O–H groups in total. The van der Waals surface area contributed by atoms with Crippen molar-refractivity contribution in [1.29, 1.82) is 0 Å². The molecule has 9 nitrogen and oxygen atoms in total. The highest BCUT2D eigenvalue weighted by atomic mass is 16.5. The number of aryl methyl sites for hydroxylation is 2. The van der Waals surface area contributed by atoms with Crippen LogP contribution in [0, 0.1) is 6.92 Å². The van der Waals surface area contributed by atoms with Crippen LogP contribution < -0.4 is 10.6 Å². The normalized spacial score (nSPS) is 11.7. The lowest BCUT2D eigenvalue weighted by Gasteiger charge is -2.18. The van der Waals surface area contributed by atoms with E-state index in [1.807, 2.05) is 32.0 Å². The fourth-order valence-electron chi connectivity index (χ4n) is 3.50. The van der Waals surface area contributed by atoms with Gasteiger partial charge in [-0.05, 0) is 31.0 Å². The highest BCUT2D eigenvalue weighted by molar-refractivity contribution is 6.00. The number of methoxy groups -OCH3 is 1. The van der Waals surface area contributed by atoms with Gasteiger partial charge in [-0.25, -0.2) is 4.98 Å². The number of carboxylic acid groups (broad SMARTS) is 1. The lowest BCUT2D eigenvalue weighted by atomic mass is 10.0. The van der Waals surface area contributed by atoms with E-state index in [9.17, 15) is 19.5 Å². The smallest absolute Gasteiger partial charge is 0.325 e. The summed E-state index contributed by atoms with van der Waals surface area (Å²) in [7, 11) is 1.31. The second-order valence-corrected chi connectivity index (χ2v) is 7.34. The molecule has 1 aromatic carbocycles. The molecule has 1 amide bonds. The van der Waals surface area contributed by atoms with Crippen molar-refractivity contribution in [2.45, 2.75) is 32.7 Å². The second kappa shape index (κ2) is 9.95. The fraction of sp³-hybridized carbons (Fsp3) is 0.304. The van der Waals surface area contributed by atoms with Crippen molar-refractivity contribution in [2.75, 3.05) is 19.0 Å². The molecular weight excluding hydrogens is 412 g/mol. The van der Waals surface area contributed by atoms with E-state index >= 15 is 0 Å². The van der Waals surface area contributed by atoms with Gasteiger partial charge in [-0.15, -0.1) is 0 Å². The molecule has 3 rings (SSSR count). The first-order chi connectivity index (χ1) is 15.3. The molecule has 0 aliphatic carbocycles. The van der Waals surface area contributed by atoms with Gasteiger partial charge in [-0.2, -0.15) is 0 Å². The SMILES string of the molecule is CCc1nc2c(C(=O)NC(CC(=O)O)c3cccc(C)c3)cccn2c1NCC(=O)OC. The molecule has 2 aromatic heterocycles. The summed E-state index contributed by atoms with van der Waals surface area (Å²) in [5.74, 6) is -1.28. The lowest BCUT2D eigenvalue weighted by Crippen LogP contribution is -2.30. The highest BCUT2D eigenvalue weighted by Gasteiger charge is 2.22. The minimum absolute atomic E-state index is 0.0399. The Balaban J connectivity index is 1.95. The van der Waals surface area contributed by atoms with Gasteiger partial charge in [-0.1, -0.05) is 36.8 Å².